The topological polar surface area (TPSA) is 67.8 Å². The minimum absolute atomic E-state index is 0.0587. The molecule has 0 saturated carbocycles. The van der Waals surface area contributed by atoms with Crippen LogP contribution >= 0.6 is 15.9 Å². The molecule has 0 aliphatic rings. The highest BCUT2D eigenvalue weighted by Crippen LogP contribution is 2.31. The molecule has 0 fully saturated rings. The van der Waals surface area contributed by atoms with Crippen LogP contribution in [0.1, 0.15) is 16.7 Å². The highest BCUT2D eigenvalue weighted by molar-refractivity contribution is 9.10. The molecule has 2 aromatic carbocycles. The zero-order valence-electron chi connectivity index (χ0n) is 11.2. The molecule has 2 aromatic rings. The zero-order valence-corrected chi connectivity index (χ0v) is 12.8. The Morgan fingerprint density at radius 1 is 1.15 bits per heavy atom. The molecule has 0 saturated heterocycles. The van der Waals surface area contributed by atoms with Crippen LogP contribution < -0.4 is 10.5 Å². The van der Waals surface area contributed by atoms with Crippen LogP contribution in [0, 0.1) is 13.8 Å². The molecule has 0 radical (unpaired) electrons. The Hall–Kier alpha value is -2.01. The maximum atomic E-state index is 8.66. The number of ether oxygens (including phenoxy) is 1. The number of amidine groups is 1. The normalized spacial score (nSPS) is 11.4. The predicted octanol–water partition coefficient (Wildman–Crippen LogP) is 3.95. The molecule has 0 atom stereocenters. The second kappa shape index (κ2) is 5.96. The molecule has 0 amide bonds. The zero-order chi connectivity index (χ0) is 14.7. The summed E-state index contributed by atoms with van der Waals surface area (Å²) in [6.45, 7) is 4.10. The van der Waals surface area contributed by atoms with Crippen LogP contribution in [-0.2, 0) is 0 Å². The predicted molar refractivity (Wildman–Crippen MR) is 82.6 cm³/mol. The van der Waals surface area contributed by atoms with Crippen LogP contribution in [0.5, 0.6) is 11.5 Å². The maximum Gasteiger partial charge on any atom is 0.170 e. The first kappa shape index (κ1) is 14.4. The first-order valence-electron chi connectivity index (χ1n) is 6.04. The van der Waals surface area contributed by atoms with Crippen molar-refractivity contribution in [2.45, 2.75) is 13.8 Å². The number of oxime groups is 1. The summed E-state index contributed by atoms with van der Waals surface area (Å²) in [6, 6.07) is 11.2. The molecular weight excluding hydrogens is 320 g/mol. The molecule has 4 nitrogen and oxygen atoms in total. The maximum absolute atomic E-state index is 8.66. The molecule has 0 heterocycles. The van der Waals surface area contributed by atoms with E-state index >= 15 is 0 Å². The van der Waals surface area contributed by atoms with Crippen molar-refractivity contribution in [3.63, 3.8) is 0 Å². The second-order valence-corrected chi connectivity index (χ2v) is 5.33. The highest BCUT2D eigenvalue weighted by atomic mass is 79.9. The van der Waals surface area contributed by atoms with Gasteiger partial charge in [-0.1, -0.05) is 11.2 Å². The van der Waals surface area contributed by atoms with Crippen molar-refractivity contribution in [1.82, 2.24) is 0 Å². The summed E-state index contributed by atoms with van der Waals surface area (Å²) in [5, 5.41) is 11.6. The number of rotatable bonds is 3. The van der Waals surface area contributed by atoms with Gasteiger partial charge in [0.05, 0.1) is 4.47 Å². The monoisotopic (exact) mass is 334 g/mol. The lowest BCUT2D eigenvalue weighted by molar-refractivity contribution is 0.318. The van der Waals surface area contributed by atoms with Gasteiger partial charge in [-0.05, 0) is 71.2 Å². The molecule has 0 aromatic heterocycles. The van der Waals surface area contributed by atoms with Gasteiger partial charge in [0, 0.05) is 5.56 Å². The molecule has 20 heavy (non-hydrogen) atoms. The van der Waals surface area contributed by atoms with Crippen molar-refractivity contribution in [3.05, 3.63) is 57.6 Å². The van der Waals surface area contributed by atoms with Crippen molar-refractivity contribution in [1.29, 1.82) is 0 Å². The van der Waals surface area contributed by atoms with Crippen molar-refractivity contribution in [2.75, 3.05) is 0 Å². The third-order valence-electron chi connectivity index (χ3n) is 3.04. The Bertz CT molecular complexity index is 669. The van der Waals surface area contributed by atoms with Gasteiger partial charge in [-0.3, -0.25) is 0 Å². The van der Waals surface area contributed by atoms with Crippen molar-refractivity contribution in [2.24, 2.45) is 10.9 Å². The van der Waals surface area contributed by atoms with Gasteiger partial charge >= 0.3 is 0 Å². The lowest BCUT2D eigenvalue weighted by Gasteiger charge is -2.10. The first-order chi connectivity index (χ1) is 9.51. The summed E-state index contributed by atoms with van der Waals surface area (Å²) in [4.78, 5) is 0. The van der Waals surface area contributed by atoms with Crippen molar-refractivity contribution in [3.8, 4) is 11.5 Å². The smallest absolute Gasteiger partial charge is 0.170 e. The van der Waals surface area contributed by atoms with E-state index in [0.29, 0.717) is 11.3 Å². The van der Waals surface area contributed by atoms with E-state index in [0.717, 1.165) is 10.2 Å². The van der Waals surface area contributed by atoms with Crippen LogP contribution in [0.25, 0.3) is 0 Å². The molecular formula is C15H15BrN2O2. The standard InChI is InChI=1S/C15H15BrN2O2/c1-9-3-5-12(7-10(9)2)20-14-6-4-11(8-13(14)16)15(17)18-19/h3-8,19H,1-2H3,(H2,17,18). The average molecular weight is 335 g/mol. The minimum atomic E-state index is 0.0587. The number of halogens is 1. The van der Waals surface area contributed by atoms with Gasteiger partial charge in [-0.15, -0.1) is 0 Å². The van der Waals surface area contributed by atoms with Crippen molar-refractivity contribution >= 4 is 21.8 Å². The van der Waals surface area contributed by atoms with Crippen molar-refractivity contribution < 1.29 is 9.94 Å². The summed E-state index contributed by atoms with van der Waals surface area (Å²) in [5.74, 6) is 1.50. The van der Waals surface area contributed by atoms with E-state index in [-0.39, 0.29) is 5.84 Å². The van der Waals surface area contributed by atoms with E-state index in [1.165, 1.54) is 11.1 Å². The van der Waals surface area contributed by atoms with Crippen LogP contribution in [-0.4, -0.2) is 11.0 Å². The van der Waals surface area contributed by atoms with Gasteiger partial charge in [0.1, 0.15) is 11.5 Å². The van der Waals surface area contributed by atoms with Gasteiger partial charge in [-0.25, -0.2) is 0 Å². The molecule has 5 heteroatoms. The third-order valence-corrected chi connectivity index (χ3v) is 3.66. The Morgan fingerprint density at radius 2 is 1.90 bits per heavy atom. The third kappa shape index (κ3) is 3.11. The van der Waals surface area contributed by atoms with E-state index in [2.05, 4.69) is 28.0 Å². The summed E-state index contributed by atoms with van der Waals surface area (Å²) < 4.78 is 6.56. The molecule has 3 N–H and O–H groups in total. The lowest BCUT2D eigenvalue weighted by atomic mass is 10.1. The molecule has 104 valence electrons. The molecule has 0 aliphatic carbocycles. The van der Waals surface area contributed by atoms with Crippen LogP contribution in [0.15, 0.2) is 46.0 Å². The van der Waals surface area contributed by atoms with Crippen LogP contribution in [0.2, 0.25) is 0 Å². The van der Waals surface area contributed by atoms with E-state index in [9.17, 15) is 0 Å². The van der Waals surface area contributed by atoms with Gasteiger partial charge < -0.3 is 15.7 Å². The first-order valence-corrected chi connectivity index (χ1v) is 6.83. The van der Waals surface area contributed by atoms with Gasteiger partial charge in [0.25, 0.3) is 0 Å². The Balaban J connectivity index is 2.28. The largest absolute Gasteiger partial charge is 0.456 e. The number of nitrogens with zero attached hydrogens (tertiary/aromatic N) is 1. The molecule has 0 unspecified atom stereocenters. The summed E-state index contributed by atoms with van der Waals surface area (Å²) >= 11 is 3.42. The molecule has 0 aliphatic heterocycles. The molecule has 2 rings (SSSR count). The van der Waals surface area contributed by atoms with Gasteiger partial charge in [-0.2, -0.15) is 0 Å². The fourth-order valence-corrected chi connectivity index (χ4v) is 2.16. The Kier molecular flexibility index (Phi) is 4.29. The number of hydrogen-bond donors (Lipinski definition) is 2. The van der Waals surface area contributed by atoms with Crippen LogP contribution in [0.3, 0.4) is 0 Å². The number of hydrogen-bond acceptors (Lipinski definition) is 3. The summed E-state index contributed by atoms with van der Waals surface area (Å²) in [6.07, 6.45) is 0. The minimum Gasteiger partial charge on any atom is -0.456 e. The highest BCUT2D eigenvalue weighted by Gasteiger charge is 2.07. The van der Waals surface area contributed by atoms with Crippen LogP contribution in [0.4, 0.5) is 0 Å². The average Bonchev–Trinajstić information content (AvgIpc) is 2.44. The number of benzene rings is 2. The SMILES string of the molecule is Cc1ccc(Oc2ccc(/C(N)=N/O)cc2Br)cc1C. The quantitative estimate of drug-likeness (QED) is 0.386. The Morgan fingerprint density at radius 3 is 2.50 bits per heavy atom. The number of nitrogens with two attached hydrogens (primary N) is 1. The van der Waals surface area contributed by atoms with Gasteiger partial charge in [0.15, 0.2) is 5.84 Å². The summed E-state index contributed by atoms with van der Waals surface area (Å²) in [7, 11) is 0. The number of aryl methyl sites for hydroxylation is 2. The van der Waals surface area contributed by atoms with Gasteiger partial charge in [0.2, 0.25) is 0 Å². The van der Waals surface area contributed by atoms with E-state index in [1.54, 1.807) is 18.2 Å². The molecule has 0 bridgehead atoms. The molecule has 0 spiro atoms. The van der Waals surface area contributed by atoms with E-state index in [4.69, 9.17) is 15.7 Å². The Labute approximate surface area is 126 Å². The van der Waals surface area contributed by atoms with E-state index in [1.807, 2.05) is 25.1 Å². The fraction of sp³-hybridized carbons (Fsp3) is 0.133. The summed E-state index contributed by atoms with van der Waals surface area (Å²) in [5.41, 5.74) is 8.55. The fourth-order valence-electron chi connectivity index (χ4n) is 1.71. The second-order valence-electron chi connectivity index (χ2n) is 4.48. The van der Waals surface area contributed by atoms with E-state index < -0.39 is 0 Å². The lowest BCUT2D eigenvalue weighted by Crippen LogP contribution is -2.12.